The first kappa shape index (κ1) is 14.9. The van der Waals surface area contributed by atoms with E-state index in [2.05, 4.69) is 42.2 Å². The van der Waals surface area contributed by atoms with E-state index in [0.29, 0.717) is 0 Å². The van der Waals surface area contributed by atoms with E-state index in [0.717, 1.165) is 43.1 Å². The van der Waals surface area contributed by atoms with E-state index in [1.807, 2.05) is 0 Å². The third-order valence-electron chi connectivity index (χ3n) is 4.90. The molecule has 2 aliphatic carbocycles. The van der Waals surface area contributed by atoms with Crippen molar-refractivity contribution in [1.29, 1.82) is 0 Å². The number of thiophene rings is 1. The highest BCUT2D eigenvalue weighted by atomic mass is 32.1. The molecule has 1 aromatic carbocycles. The molecule has 4 rings (SSSR count). The maximum Gasteiger partial charge on any atom is 0.263 e. The van der Waals surface area contributed by atoms with Crippen LogP contribution in [0.3, 0.4) is 0 Å². The summed E-state index contributed by atoms with van der Waals surface area (Å²) in [6.07, 6.45) is 5.77. The van der Waals surface area contributed by atoms with E-state index < -0.39 is 0 Å². The molecule has 0 bridgehead atoms. The highest BCUT2D eigenvalue weighted by molar-refractivity contribution is 7.17. The first-order valence-electron chi connectivity index (χ1n) is 8.76. The van der Waals surface area contributed by atoms with Gasteiger partial charge in [-0.15, -0.1) is 11.3 Å². The fourth-order valence-electron chi connectivity index (χ4n) is 3.49. The first-order chi connectivity index (χ1) is 11.3. The number of benzene rings is 1. The van der Waals surface area contributed by atoms with Crippen molar-refractivity contribution in [2.45, 2.75) is 39.0 Å². The average Bonchev–Trinajstić information content (AvgIpc) is 3.28. The van der Waals surface area contributed by atoms with Crippen molar-refractivity contribution in [1.82, 2.24) is 4.90 Å². The molecule has 23 heavy (non-hydrogen) atoms. The molecule has 2 nitrogen and oxygen atoms in total. The van der Waals surface area contributed by atoms with Gasteiger partial charge < -0.3 is 4.90 Å². The predicted octanol–water partition coefficient (Wildman–Crippen LogP) is 4.78. The summed E-state index contributed by atoms with van der Waals surface area (Å²) in [4.78, 5) is 17.3. The van der Waals surface area contributed by atoms with Crippen LogP contribution < -0.4 is 0 Å². The van der Waals surface area contributed by atoms with Crippen LogP contribution in [0.1, 0.15) is 47.0 Å². The molecule has 2 aromatic rings. The van der Waals surface area contributed by atoms with Gasteiger partial charge in [-0.2, -0.15) is 0 Å². The summed E-state index contributed by atoms with van der Waals surface area (Å²) in [6, 6.07) is 10.8. The number of carbonyl (C=O) groups excluding carboxylic acids is 1. The maximum atomic E-state index is 13.0. The van der Waals surface area contributed by atoms with Gasteiger partial charge in [-0.05, 0) is 60.8 Å². The minimum atomic E-state index is 0.246. The molecule has 1 heterocycles. The van der Waals surface area contributed by atoms with Gasteiger partial charge in [0.25, 0.3) is 5.91 Å². The smallest absolute Gasteiger partial charge is 0.263 e. The van der Waals surface area contributed by atoms with Gasteiger partial charge in [-0.25, -0.2) is 0 Å². The van der Waals surface area contributed by atoms with Crippen LogP contribution in [0.2, 0.25) is 0 Å². The molecule has 2 aliphatic rings. The number of carbonyl (C=O) groups is 1. The fourth-order valence-corrected chi connectivity index (χ4v) is 4.73. The Bertz CT molecular complexity index is 729. The molecule has 1 fully saturated rings. The van der Waals surface area contributed by atoms with Crippen LogP contribution in [0.4, 0.5) is 0 Å². The van der Waals surface area contributed by atoms with Gasteiger partial charge in [0.05, 0.1) is 4.88 Å². The van der Waals surface area contributed by atoms with Gasteiger partial charge in [0.15, 0.2) is 0 Å². The van der Waals surface area contributed by atoms with Crippen LogP contribution in [0.15, 0.2) is 30.3 Å². The molecule has 3 heteroatoms. The average molecular weight is 325 g/mol. The number of fused-ring (bicyclic) bond motifs is 3. The SMILES string of the molecule is CCCN(CC1CC1)C(=O)c1cc2c(s1)-c1ccccc1CC2. The zero-order valence-corrected chi connectivity index (χ0v) is 14.5. The molecule has 1 aromatic heterocycles. The van der Waals surface area contributed by atoms with Gasteiger partial charge in [0.1, 0.15) is 0 Å². The van der Waals surface area contributed by atoms with Crippen LogP contribution in [-0.2, 0) is 12.8 Å². The molecule has 0 aliphatic heterocycles. The van der Waals surface area contributed by atoms with E-state index in [9.17, 15) is 4.79 Å². The second kappa shape index (κ2) is 6.12. The fraction of sp³-hybridized carbons (Fsp3) is 0.450. The van der Waals surface area contributed by atoms with Crippen molar-refractivity contribution in [2.24, 2.45) is 5.92 Å². The van der Waals surface area contributed by atoms with Crippen LogP contribution >= 0.6 is 11.3 Å². The molecule has 1 amide bonds. The third-order valence-corrected chi connectivity index (χ3v) is 6.10. The standard InChI is InChI=1S/C20H23NOS/c1-2-11-21(13-14-7-8-14)20(22)18-12-16-10-9-15-5-3-4-6-17(15)19(16)23-18/h3-6,12,14H,2,7-11,13H2,1H3. The van der Waals surface area contributed by atoms with Gasteiger partial charge in [-0.1, -0.05) is 31.2 Å². The summed E-state index contributed by atoms with van der Waals surface area (Å²) in [5.41, 5.74) is 4.12. The molecular weight excluding hydrogens is 302 g/mol. The summed E-state index contributed by atoms with van der Waals surface area (Å²) in [5, 5.41) is 0. The van der Waals surface area contributed by atoms with Gasteiger partial charge >= 0.3 is 0 Å². The Hall–Kier alpha value is -1.61. The second-order valence-corrected chi connectivity index (χ2v) is 7.87. The van der Waals surface area contributed by atoms with E-state index in [4.69, 9.17) is 0 Å². The molecule has 0 radical (unpaired) electrons. The highest BCUT2D eigenvalue weighted by Crippen LogP contribution is 2.40. The minimum Gasteiger partial charge on any atom is -0.338 e. The Balaban J connectivity index is 1.63. The van der Waals surface area contributed by atoms with E-state index in [1.165, 1.54) is 34.4 Å². The highest BCUT2D eigenvalue weighted by Gasteiger charge is 2.28. The lowest BCUT2D eigenvalue weighted by Gasteiger charge is -2.21. The minimum absolute atomic E-state index is 0.246. The molecule has 0 unspecified atom stereocenters. The van der Waals surface area contributed by atoms with Gasteiger partial charge in [-0.3, -0.25) is 4.79 Å². The van der Waals surface area contributed by atoms with Gasteiger partial charge in [0.2, 0.25) is 0 Å². The van der Waals surface area contributed by atoms with E-state index in [-0.39, 0.29) is 5.91 Å². The maximum absolute atomic E-state index is 13.0. The Kier molecular flexibility index (Phi) is 3.98. The zero-order chi connectivity index (χ0) is 15.8. The molecule has 0 saturated heterocycles. The Morgan fingerprint density at radius 3 is 2.78 bits per heavy atom. The number of hydrogen-bond donors (Lipinski definition) is 0. The van der Waals surface area contributed by atoms with Crippen LogP contribution in [-0.4, -0.2) is 23.9 Å². The summed E-state index contributed by atoms with van der Waals surface area (Å²) in [5.74, 6) is 0.997. The van der Waals surface area contributed by atoms with Crippen molar-refractivity contribution < 1.29 is 4.79 Å². The summed E-state index contributed by atoms with van der Waals surface area (Å²) < 4.78 is 0. The van der Waals surface area contributed by atoms with Crippen molar-refractivity contribution in [2.75, 3.05) is 13.1 Å². The normalized spacial score (nSPS) is 15.9. The molecule has 0 spiro atoms. The summed E-state index contributed by atoms with van der Waals surface area (Å²) >= 11 is 1.70. The predicted molar refractivity (Wildman–Crippen MR) is 96.1 cm³/mol. The summed E-state index contributed by atoms with van der Waals surface area (Å²) in [7, 11) is 0. The topological polar surface area (TPSA) is 20.3 Å². The van der Waals surface area contributed by atoms with Crippen LogP contribution in [0.25, 0.3) is 10.4 Å². The lowest BCUT2D eigenvalue weighted by molar-refractivity contribution is 0.0752. The molecule has 0 atom stereocenters. The number of amides is 1. The van der Waals surface area contributed by atoms with Gasteiger partial charge in [0, 0.05) is 18.0 Å². The number of aryl methyl sites for hydroxylation is 2. The lowest BCUT2D eigenvalue weighted by Crippen LogP contribution is -2.33. The van der Waals surface area contributed by atoms with E-state index in [1.54, 1.807) is 11.3 Å². The Morgan fingerprint density at radius 2 is 2.00 bits per heavy atom. The molecule has 120 valence electrons. The second-order valence-electron chi connectivity index (χ2n) is 6.82. The van der Waals surface area contributed by atoms with Crippen LogP contribution in [0, 0.1) is 5.92 Å². The van der Waals surface area contributed by atoms with Crippen molar-refractivity contribution in [3.8, 4) is 10.4 Å². The molecular formula is C20H23NOS. The zero-order valence-electron chi connectivity index (χ0n) is 13.7. The first-order valence-corrected chi connectivity index (χ1v) is 9.58. The summed E-state index contributed by atoms with van der Waals surface area (Å²) in [6.45, 7) is 3.99. The number of rotatable bonds is 5. The number of nitrogens with zero attached hydrogens (tertiary/aromatic N) is 1. The van der Waals surface area contributed by atoms with Crippen LogP contribution in [0.5, 0.6) is 0 Å². The van der Waals surface area contributed by atoms with Crippen molar-refractivity contribution in [3.05, 3.63) is 46.3 Å². The quantitative estimate of drug-likeness (QED) is 0.775. The van der Waals surface area contributed by atoms with E-state index >= 15 is 0 Å². The lowest BCUT2D eigenvalue weighted by atomic mass is 9.91. The Morgan fingerprint density at radius 1 is 1.22 bits per heavy atom. The van der Waals surface area contributed by atoms with Crippen molar-refractivity contribution in [3.63, 3.8) is 0 Å². The largest absolute Gasteiger partial charge is 0.338 e. The monoisotopic (exact) mass is 325 g/mol. The Labute approximate surface area is 142 Å². The third kappa shape index (κ3) is 2.94. The van der Waals surface area contributed by atoms with Crippen molar-refractivity contribution >= 4 is 17.2 Å². The molecule has 0 N–H and O–H groups in total. The molecule has 1 saturated carbocycles. The number of hydrogen-bond acceptors (Lipinski definition) is 2.